The van der Waals surface area contributed by atoms with Gasteiger partial charge in [0, 0.05) is 28.4 Å². The second kappa shape index (κ2) is 8.32. The van der Waals surface area contributed by atoms with Crippen molar-refractivity contribution in [3.63, 3.8) is 0 Å². The lowest BCUT2D eigenvalue weighted by atomic mass is 10.1. The number of para-hydroxylation sites is 1. The molecule has 5 heteroatoms. The maximum Gasteiger partial charge on any atom is 0.255 e. The van der Waals surface area contributed by atoms with Gasteiger partial charge in [0.2, 0.25) is 0 Å². The monoisotopic (exact) mass is 364 g/mol. The molecule has 26 heavy (non-hydrogen) atoms. The van der Waals surface area contributed by atoms with Crippen LogP contribution in [0, 0.1) is 0 Å². The molecule has 0 radical (unpaired) electrons. The van der Waals surface area contributed by atoms with Crippen molar-refractivity contribution in [2.45, 2.75) is 6.54 Å². The predicted molar refractivity (Wildman–Crippen MR) is 103 cm³/mol. The van der Waals surface area contributed by atoms with E-state index in [1.165, 1.54) is 0 Å². The minimum atomic E-state index is -0.194. The molecule has 2 amide bonds. The fraction of sp³-hybridized carbons (Fsp3) is 0.0476. The van der Waals surface area contributed by atoms with E-state index >= 15 is 0 Å². The lowest BCUT2D eigenvalue weighted by Gasteiger charge is -2.08. The van der Waals surface area contributed by atoms with Gasteiger partial charge in [-0.25, -0.2) is 0 Å². The Kier molecular flexibility index (Phi) is 5.66. The molecule has 3 aromatic rings. The van der Waals surface area contributed by atoms with E-state index < -0.39 is 0 Å². The number of anilines is 1. The van der Waals surface area contributed by atoms with E-state index in [0.717, 1.165) is 11.3 Å². The standard InChI is InChI=1S/C21H17ClN2O2/c22-18-11-9-16(10-12-18)20(25)23-14-15-5-4-6-17(13-15)21(26)24-19-7-2-1-3-8-19/h1-13H,14H2,(H,23,25)(H,24,26). The van der Waals surface area contributed by atoms with Gasteiger partial charge >= 0.3 is 0 Å². The van der Waals surface area contributed by atoms with Gasteiger partial charge in [-0.15, -0.1) is 0 Å². The number of benzene rings is 3. The lowest BCUT2D eigenvalue weighted by Crippen LogP contribution is -2.23. The number of hydrogen-bond acceptors (Lipinski definition) is 2. The van der Waals surface area contributed by atoms with Crippen molar-refractivity contribution in [2.75, 3.05) is 5.32 Å². The van der Waals surface area contributed by atoms with Gasteiger partial charge in [0.15, 0.2) is 0 Å². The fourth-order valence-corrected chi connectivity index (χ4v) is 2.56. The summed E-state index contributed by atoms with van der Waals surface area (Å²) in [5.74, 6) is -0.386. The van der Waals surface area contributed by atoms with Gasteiger partial charge in [0.1, 0.15) is 0 Å². The van der Waals surface area contributed by atoms with Crippen LogP contribution in [-0.4, -0.2) is 11.8 Å². The molecule has 2 N–H and O–H groups in total. The fourth-order valence-electron chi connectivity index (χ4n) is 2.43. The third-order valence-electron chi connectivity index (χ3n) is 3.78. The Hall–Kier alpha value is -3.11. The highest BCUT2D eigenvalue weighted by molar-refractivity contribution is 6.30. The van der Waals surface area contributed by atoms with Crippen LogP contribution >= 0.6 is 11.6 Å². The highest BCUT2D eigenvalue weighted by Gasteiger charge is 2.08. The Morgan fingerprint density at radius 2 is 1.50 bits per heavy atom. The molecule has 3 aromatic carbocycles. The van der Waals surface area contributed by atoms with Crippen molar-refractivity contribution in [2.24, 2.45) is 0 Å². The summed E-state index contributed by atoms with van der Waals surface area (Å²) in [4.78, 5) is 24.5. The van der Waals surface area contributed by atoms with Crippen LogP contribution in [0.5, 0.6) is 0 Å². The van der Waals surface area contributed by atoms with E-state index in [2.05, 4.69) is 10.6 Å². The van der Waals surface area contributed by atoms with Gasteiger partial charge in [0.05, 0.1) is 0 Å². The SMILES string of the molecule is O=C(NCc1cccc(C(=O)Nc2ccccc2)c1)c1ccc(Cl)cc1. The average molecular weight is 365 g/mol. The maximum atomic E-state index is 12.3. The zero-order valence-electron chi connectivity index (χ0n) is 13.9. The number of halogens is 1. The van der Waals surface area contributed by atoms with E-state index in [9.17, 15) is 9.59 Å². The molecular weight excluding hydrogens is 348 g/mol. The number of amides is 2. The van der Waals surface area contributed by atoms with Gasteiger partial charge in [-0.1, -0.05) is 41.9 Å². The molecule has 0 bridgehead atoms. The van der Waals surface area contributed by atoms with E-state index in [0.29, 0.717) is 22.7 Å². The molecular formula is C21H17ClN2O2. The van der Waals surface area contributed by atoms with Crippen molar-refractivity contribution in [1.29, 1.82) is 0 Å². The number of nitrogens with one attached hydrogen (secondary N) is 2. The zero-order chi connectivity index (χ0) is 18.4. The first-order valence-electron chi connectivity index (χ1n) is 8.11. The van der Waals surface area contributed by atoms with Crippen LogP contribution < -0.4 is 10.6 Å². The van der Waals surface area contributed by atoms with Crippen molar-refractivity contribution in [3.05, 3.63) is 101 Å². The topological polar surface area (TPSA) is 58.2 Å². The van der Waals surface area contributed by atoms with Gasteiger partial charge < -0.3 is 10.6 Å². The molecule has 0 aliphatic heterocycles. The lowest BCUT2D eigenvalue weighted by molar-refractivity contribution is 0.0950. The zero-order valence-corrected chi connectivity index (χ0v) is 14.7. The van der Waals surface area contributed by atoms with Crippen LogP contribution in [0.4, 0.5) is 5.69 Å². The number of rotatable bonds is 5. The van der Waals surface area contributed by atoms with Gasteiger partial charge in [-0.2, -0.15) is 0 Å². The maximum absolute atomic E-state index is 12.3. The van der Waals surface area contributed by atoms with Crippen LogP contribution in [0.1, 0.15) is 26.3 Å². The summed E-state index contributed by atoms with van der Waals surface area (Å²) < 4.78 is 0. The highest BCUT2D eigenvalue weighted by atomic mass is 35.5. The Labute approximate surface area is 156 Å². The molecule has 0 aliphatic carbocycles. The first-order chi connectivity index (χ1) is 12.6. The van der Waals surface area contributed by atoms with Crippen LogP contribution in [0.2, 0.25) is 5.02 Å². The second-order valence-electron chi connectivity index (χ2n) is 5.71. The molecule has 3 rings (SSSR count). The summed E-state index contributed by atoms with van der Waals surface area (Å²) in [6.45, 7) is 0.327. The summed E-state index contributed by atoms with van der Waals surface area (Å²) in [5, 5.41) is 6.26. The van der Waals surface area contributed by atoms with E-state index in [4.69, 9.17) is 11.6 Å². The molecule has 0 heterocycles. The molecule has 0 spiro atoms. The first-order valence-corrected chi connectivity index (χ1v) is 8.49. The van der Waals surface area contributed by atoms with Gasteiger partial charge in [0.25, 0.3) is 11.8 Å². The Balaban J connectivity index is 1.62. The third kappa shape index (κ3) is 4.71. The molecule has 130 valence electrons. The van der Waals surface area contributed by atoms with E-state index in [-0.39, 0.29) is 11.8 Å². The molecule has 0 aliphatic rings. The molecule has 0 fully saturated rings. The Morgan fingerprint density at radius 3 is 2.23 bits per heavy atom. The van der Waals surface area contributed by atoms with Crippen molar-refractivity contribution in [1.82, 2.24) is 5.32 Å². The summed E-state index contributed by atoms with van der Waals surface area (Å²) in [6, 6.07) is 23.1. The van der Waals surface area contributed by atoms with E-state index in [1.54, 1.807) is 42.5 Å². The summed E-state index contributed by atoms with van der Waals surface area (Å²) >= 11 is 5.82. The second-order valence-corrected chi connectivity index (χ2v) is 6.15. The first kappa shape index (κ1) is 17.7. The Morgan fingerprint density at radius 1 is 0.769 bits per heavy atom. The average Bonchev–Trinajstić information content (AvgIpc) is 2.67. The number of hydrogen-bond donors (Lipinski definition) is 2. The summed E-state index contributed by atoms with van der Waals surface area (Å²) in [7, 11) is 0. The van der Waals surface area contributed by atoms with Gasteiger partial charge in [-0.3, -0.25) is 9.59 Å². The van der Waals surface area contributed by atoms with Gasteiger partial charge in [-0.05, 0) is 54.1 Å². The molecule has 0 atom stereocenters. The third-order valence-corrected chi connectivity index (χ3v) is 4.03. The van der Waals surface area contributed by atoms with Crippen molar-refractivity contribution >= 4 is 29.1 Å². The molecule has 0 unspecified atom stereocenters. The summed E-state index contributed by atoms with van der Waals surface area (Å²) in [6.07, 6.45) is 0. The van der Waals surface area contributed by atoms with Crippen molar-refractivity contribution < 1.29 is 9.59 Å². The van der Waals surface area contributed by atoms with Crippen LogP contribution in [0.25, 0.3) is 0 Å². The minimum Gasteiger partial charge on any atom is -0.348 e. The molecule has 0 aromatic heterocycles. The van der Waals surface area contributed by atoms with E-state index in [1.807, 2.05) is 36.4 Å². The number of carbonyl (C=O) groups excluding carboxylic acids is 2. The Bertz CT molecular complexity index is 909. The molecule has 0 saturated heterocycles. The number of carbonyl (C=O) groups is 2. The normalized spacial score (nSPS) is 10.2. The summed E-state index contributed by atoms with van der Waals surface area (Å²) in [5.41, 5.74) is 2.64. The van der Waals surface area contributed by atoms with Crippen LogP contribution in [0.3, 0.4) is 0 Å². The minimum absolute atomic E-state index is 0.193. The van der Waals surface area contributed by atoms with Crippen LogP contribution in [-0.2, 0) is 6.54 Å². The quantitative estimate of drug-likeness (QED) is 0.699. The smallest absolute Gasteiger partial charge is 0.255 e. The molecule has 0 saturated carbocycles. The highest BCUT2D eigenvalue weighted by Crippen LogP contribution is 2.12. The van der Waals surface area contributed by atoms with Crippen molar-refractivity contribution in [3.8, 4) is 0 Å². The largest absolute Gasteiger partial charge is 0.348 e. The molecule has 4 nitrogen and oxygen atoms in total. The predicted octanol–water partition coefficient (Wildman–Crippen LogP) is 4.52. The van der Waals surface area contributed by atoms with Crippen LogP contribution in [0.15, 0.2) is 78.9 Å².